The molecule has 0 unspecified atom stereocenters. The van der Waals surface area contributed by atoms with Gasteiger partial charge in [-0.25, -0.2) is 4.98 Å². The Morgan fingerprint density at radius 2 is 1.91 bits per heavy atom. The first-order valence-electron chi connectivity index (χ1n) is 8.33. The summed E-state index contributed by atoms with van der Waals surface area (Å²) in [6, 6.07) is 11.5. The van der Waals surface area contributed by atoms with E-state index in [1.165, 1.54) is 12.8 Å². The summed E-state index contributed by atoms with van der Waals surface area (Å²) in [4.78, 5) is 16.6. The van der Waals surface area contributed by atoms with Crippen molar-refractivity contribution >= 4 is 17.4 Å². The summed E-state index contributed by atoms with van der Waals surface area (Å²) in [5, 5.41) is 6.23. The van der Waals surface area contributed by atoms with Crippen LogP contribution in [-0.2, 0) is 6.42 Å². The molecule has 2 N–H and O–H groups in total. The highest BCUT2D eigenvalue weighted by Gasteiger charge is 2.08. The van der Waals surface area contributed by atoms with E-state index in [4.69, 9.17) is 0 Å². The average molecular weight is 311 g/mol. The van der Waals surface area contributed by atoms with Crippen molar-refractivity contribution in [2.75, 3.05) is 17.2 Å². The zero-order valence-electron chi connectivity index (χ0n) is 13.9. The van der Waals surface area contributed by atoms with Gasteiger partial charge in [-0.1, -0.05) is 44.9 Å². The Labute approximate surface area is 138 Å². The van der Waals surface area contributed by atoms with Crippen molar-refractivity contribution in [3.63, 3.8) is 0 Å². The quantitative estimate of drug-likeness (QED) is 0.706. The molecule has 0 spiro atoms. The molecular weight excluding hydrogens is 286 g/mol. The zero-order valence-corrected chi connectivity index (χ0v) is 13.9. The van der Waals surface area contributed by atoms with Crippen LogP contribution in [0.25, 0.3) is 0 Å². The highest BCUT2D eigenvalue weighted by molar-refractivity contribution is 6.04. The summed E-state index contributed by atoms with van der Waals surface area (Å²) in [5.41, 5.74) is 2.56. The third kappa shape index (κ3) is 5.09. The standard InChI is InChI=1S/C19H25N3O/c1-3-5-8-13-20-18-12-11-16(14-21-18)19(23)22-17-10-7-6-9-15(17)4-2/h6-7,9-12,14H,3-5,8,13H2,1-2H3,(H,20,21)(H,22,23). The molecule has 23 heavy (non-hydrogen) atoms. The number of anilines is 2. The van der Waals surface area contributed by atoms with Crippen molar-refractivity contribution in [2.45, 2.75) is 39.5 Å². The van der Waals surface area contributed by atoms with Crippen LogP contribution in [0.4, 0.5) is 11.5 Å². The zero-order chi connectivity index (χ0) is 16.5. The Morgan fingerprint density at radius 1 is 1.09 bits per heavy atom. The summed E-state index contributed by atoms with van der Waals surface area (Å²) < 4.78 is 0. The second-order valence-electron chi connectivity index (χ2n) is 5.53. The molecule has 0 bridgehead atoms. The number of carbonyl (C=O) groups excluding carboxylic acids is 1. The molecule has 1 heterocycles. The predicted molar refractivity (Wildman–Crippen MR) is 96.0 cm³/mol. The summed E-state index contributed by atoms with van der Waals surface area (Å²) in [5.74, 6) is 0.683. The van der Waals surface area contributed by atoms with Crippen LogP contribution in [0.5, 0.6) is 0 Å². The molecule has 0 fully saturated rings. The second-order valence-corrected chi connectivity index (χ2v) is 5.53. The van der Waals surface area contributed by atoms with Crippen molar-refractivity contribution in [3.05, 3.63) is 53.7 Å². The minimum atomic E-state index is -0.129. The fourth-order valence-corrected chi connectivity index (χ4v) is 2.37. The number of pyridine rings is 1. The molecule has 1 amide bonds. The molecular formula is C19H25N3O. The number of nitrogens with one attached hydrogen (secondary N) is 2. The fourth-order valence-electron chi connectivity index (χ4n) is 2.37. The molecule has 1 aromatic heterocycles. The van der Waals surface area contributed by atoms with Crippen molar-refractivity contribution in [2.24, 2.45) is 0 Å². The molecule has 1 aromatic carbocycles. The number of rotatable bonds is 8. The van der Waals surface area contributed by atoms with Gasteiger partial charge in [-0.3, -0.25) is 4.79 Å². The van der Waals surface area contributed by atoms with Gasteiger partial charge in [0.25, 0.3) is 5.91 Å². The third-order valence-electron chi connectivity index (χ3n) is 3.76. The van der Waals surface area contributed by atoms with E-state index in [9.17, 15) is 4.79 Å². The number of amides is 1. The van der Waals surface area contributed by atoms with Gasteiger partial charge in [0.15, 0.2) is 0 Å². The summed E-state index contributed by atoms with van der Waals surface area (Å²) >= 11 is 0. The van der Waals surface area contributed by atoms with E-state index in [0.29, 0.717) is 5.56 Å². The Balaban J connectivity index is 1.94. The molecule has 0 saturated carbocycles. The lowest BCUT2D eigenvalue weighted by molar-refractivity contribution is 0.102. The summed E-state index contributed by atoms with van der Waals surface area (Å²) in [6.45, 7) is 5.17. The molecule has 4 nitrogen and oxygen atoms in total. The van der Waals surface area contributed by atoms with Gasteiger partial charge >= 0.3 is 0 Å². The second kappa shape index (κ2) is 8.93. The third-order valence-corrected chi connectivity index (χ3v) is 3.76. The minimum Gasteiger partial charge on any atom is -0.370 e. The molecule has 0 atom stereocenters. The Kier molecular flexibility index (Phi) is 6.60. The topological polar surface area (TPSA) is 54.0 Å². The normalized spacial score (nSPS) is 10.3. The van der Waals surface area contributed by atoms with Gasteiger partial charge < -0.3 is 10.6 Å². The minimum absolute atomic E-state index is 0.129. The van der Waals surface area contributed by atoms with E-state index in [1.807, 2.05) is 30.3 Å². The number of hydrogen-bond acceptors (Lipinski definition) is 3. The van der Waals surface area contributed by atoms with Crippen LogP contribution >= 0.6 is 0 Å². The van der Waals surface area contributed by atoms with E-state index < -0.39 is 0 Å². The van der Waals surface area contributed by atoms with Crippen LogP contribution in [0, 0.1) is 0 Å². The number of aryl methyl sites for hydroxylation is 1. The van der Waals surface area contributed by atoms with Crippen LogP contribution in [0.15, 0.2) is 42.6 Å². The first-order chi connectivity index (χ1) is 11.2. The molecule has 0 radical (unpaired) electrons. The molecule has 122 valence electrons. The van der Waals surface area contributed by atoms with Crippen LogP contribution in [0.2, 0.25) is 0 Å². The number of nitrogens with zero attached hydrogens (tertiary/aromatic N) is 1. The maximum Gasteiger partial charge on any atom is 0.257 e. The molecule has 2 rings (SSSR count). The molecule has 2 aromatic rings. The number of hydrogen-bond donors (Lipinski definition) is 2. The highest BCUT2D eigenvalue weighted by Crippen LogP contribution is 2.17. The Bertz CT molecular complexity index is 623. The van der Waals surface area contributed by atoms with Crippen molar-refractivity contribution < 1.29 is 4.79 Å². The van der Waals surface area contributed by atoms with Gasteiger partial charge in [0.05, 0.1) is 5.56 Å². The van der Waals surface area contributed by atoms with Crippen LogP contribution in [0.3, 0.4) is 0 Å². The van der Waals surface area contributed by atoms with Crippen LogP contribution in [0.1, 0.15) is 49.0 Å². The highest BCUT2D eigenvalue weighted by atomic mass is 16.1. The maximum atomic E-state index is 12.3. The Hall–Kier alpha value is -2.36. The number of benzene rings is 1. The van der Waals surface area contributed by atoms with E-state index in [1.54, 1.807) is 12.3 Å². The largest absolute Gasteiger partial charge is 0.370 e. The fraction of sp³-hybridized carbons (Fsp3) is 0.368. The molecule has 0 aliphatic rings. The average Bonchev–Trinajstić information content (AvgIpc) is 2.59. The molecule has 0 aliphatic heterocycles. The predicted octanol–water partition coefficient (Wildman–Crippen LogP) is 4.50. The number of unbranched alkanes of at least 4 members (excludes halogenated alkanes) is 2. The Morgan fingerprint density at radius 3 is 2.61 bits per heavy atom. The van der Waals surface area contributed by atoms with E-state index in [-0.39, 0.29) is 5.91 Å². The van der Waals surface area contributed by atoms with Gasteiger partial charge in [-0.05, 0) is 36.6 Å². The monoisotopic (exact) mass is 311 g/mol. The van der Waals surface area contributed by atoms with Crippen molar-refractivity contribution in [3.8, 4) is 0 Å². The smallest absolute Gasteiger partial charge is 0.257 e. The van der Waals surface area contributed by atoms with E-state index in [2.05, 4.69) is 29.5 Å². The van der Waals surface area contributed by atoms with Gasteiger partial charge in [-0.15, -0.1) is 0 Å². The number of para-hydroxylation sites is 1. The van der Waals surface area contributed by atoms with E-state index in [0.717, 1.165) is 36.5 Å². The molecule has 4 heteroatoms. The number of aromatic nitrogens is 1. The lowest BCUT2D eigenvalue weighted by atomic mass is 10.1. The van der Waals surface area contributed by atoms with Gasteiger partial charge in [0.1, 0.15) is 5.82 Å². The van der Waals surface area contributed by atoms with Crippen LogP contribution in [-0.4, -0.2) is 17.4 Å². The number of carbonyl (C=O) groups is 1. The summed E-state index contributed by atoms with van der Waals surface area (Å²) in [7, 11) is 0. The maximum absolute atomic E-state index is 12.3. The van der Waals surface area contributed by atoms with Gasteiger partial charge in [0.2, 0.25) is 0 Å². The first kappa shape index (κ1) is 17.0. The molecule has 0 aliphatic carbocycles. The van der Waals surface area contributed by atoms with Crippen molar-refractivity contribution in [1.29, 1.82) is 0 Å². The van der Waals surface area contributed by atoms with E-state index >= 15 is 0 Å². The van der Waals surface area contributed by atoms with Crippen molar-refractivity contribution in [1.82, 2.24) is 4.98 Å². The summed E-state index contributed by atoms with van der Waals surface area (Å²) in [6.07, 6.45) is 6.05. The molecule has 0 saturated heterocycles. The first-order valence-corrected chi connectivity index (χ1v) is 8.33. The lowest BCUT2D eigenvalue weighted by Gasteiger charge is -2.10. The SMILES string of the molecule is CCCCCNc1ccc(C(=O)Nc2ccccc2CC)cn1. The lowest BCUT2D eigenvalue weighted by Crippen LogP contribution is -2.14. The van der Waals surface area contributed by atoms with Gasteiger partial charge in [0, 0.05) is 18.4 Å². The van der Waals surface area contributed by atoms with Gasteiger partial charge in [-0.2, -0.15) is 0 Å². The van der Waals surface area contributed by atoms with Crippen LogP contribution < -0.4 is 10.6 Å².